The molecular weight excluding hydrogens is 295 g/mol. The zero-order valence-corrected chi connectivity index (χ0v) is 12.7. The van der Waals surface area contributed by atoms with Gasteiger partial charge in [-0.1, -0.05) is 23.7 Å². The molecule has 1 unspecified atom stereocenters. The number of rotatable bonds is 6. The Morgan fingerprint density at radius 1 is 1.52 bits per heavy atom. The molecule has 2 aromatic rings. The van der Waals surface area contributed by atoms with Gasteiger partial charge in [0.05, 0.1) is 36.1 Å². The van der Waals surface area contributed by atoms with Gasteiger partial charge in [-0.05, 0) is 24.1 Å². The van der Waals surface area contributed by atoms with Crippen molar-refractivity contribution in [3.05, 3.63) is 52.1 Å². The molecule has 0 aliphatic rings. The van der Waals surface area contributed by atoms with Gasteiger partial charge in [0, 0.05) is 7.11 Å². The predicted octanol–water partition coefficient (Wildman–Crippen LogP) is 2.18. The first kappa shape index (κ1) is 15.9. The van der Waals surface area contributed by atoms with Crippen molar-refractivity contribution in [3.63, 3.8) is 0 Å². The highest BCUT2D eigenvalue weighted by atomic mass is 35.5. The third-order valence-corrected chi connectivity index (χ3v) is 3.59. The Morgan fingerprint density at radius 2 is 2.29 bits per heavy atom. The van der Waals surface area contributed by atoms with Gasteiger partial charge in [-0.2, -0.15) is 5.10 Å². The summed E-state index contributed by atoms with van der Waals surface area (Å²) in [5.74, 6) is 5.42. The summed E-state index contributed by atoms with van der Waals surface area (Å²) in [4.78, 5) is 0. The fraction of sp³-hybridized carbons (Fsp3) is 0.357. The number of hydrazine groups is 1. The SMILES string of the molecule is COCCn1ncc(Cl)c1C(NN)c1ccc(F)c(C)c1. The molecule has 114 valence electrons. The van der Waals surface area contributed by atoms with Crippen LogP contribution in [-0.2, 0) is 11.3 Å². The van der Waals surface area contributed by atoms with Crippen LogP contribution in [0.1, 0.15) is 22.9 Å². The molecule has 21 heavy (non-hydrogen) atoms. The summed E-state index contributed by atoms with van der Waals surface area (Å²) in [6, 6.07) is 4.45. The Morgan fingerprint density at radius 3 is 2.90 bits per heavy atom. The van der Waals surface area contributed by atoms with E-state index in [1.165, 1.54) is 6.07 Å². The lowest BCUT2D eigenvalue weighted by Gasteiger charge is -2.19. The lowest BCUT2D eigenvalue weighted by atomic mass is 10.0. The van der Waals surface area contributed by atoms with Crippen LogP contribution < -0.4 is 11.3 Å². The largest absolute Gasteiger partial charge is 0.383 e. The molecular formula is C14H18ClFN4O. The minimum Gasteiger partial charge on any atom is -0.383 e. The molecule has 1 heterocycles. The minimum atomic E-state index is -0.379. The monoisotopic (exact) mass is 312 g/mol. The van der Waals surface area contributed by atoms with Gasteiger partial charge >= 0.3 is 0 Å². The second-order valence-corrected chi connectivity index (χ2v) is 5.11. The van der Waals surface area contributed by atoms with Crippen molar-refractivity contribution >= 4 is 11.6 Å². The van der Waals surface area contributed by atoms with E-state index in [0.29, 0.717) is 23.7 Å². The fourth-order valence-corrected chi connectivity index (χ4v) is 2.45. The molecule has 0 fully saturated rings. The van der Waals surface area contributed by atoms with E-state index in [1.807, 2.05) is 0 Å². The van der Waals surface area contributed by atoms with Gasteiger partial charge in [-0.25, -0.2) is 9.82 Å². The van der Waals surface area contributed by atoms with Gasteiger partial charge in [0.15, 0.2) is 0 Å². The second-order valence-electron chi connectivity index (χ2n) is 4.70. The van der Waals surface area contributed by atoms with Crippen LogP contribution >= 0.6 is 11.6 Å². The van der Waals surface area contributed by atoms with E-state index in [4.69, 9.17) is 22.2 Å². The van der Waals surface area contributed by atoms with E-state index in [1.54, 1.807) is 37.0 Å². The summed E-state index contributed by atoms with van der Waals surface area (Å²) in [5.41, 5.74) is 4.81. The standard InChI is InChI=1S/C14H18ClFN4O/c1-9-7-10(3-4-12(9)16)13(19-17)14-11(15)8-18-20(14)5-6-21-2/h3-4,7-8,13,19H,5-6,17H2,1-2H3. The molecule has 2 rings (SSSR count). The van der Waals surface area contributed by atoms with Crippen LogP contribution in [0.25, 0.3) is 0 Å². The summed E-state index contributed by atoms with van der Waals surface area (Å²) in [6.45, 7) is 2.76. The second kappa shape index (κ2) is 7.00. The molecule has 0 saturated carbocycles. The first-order valence-corrected chi connectivity index (χ1v) is 6.88. The zero-order valence-electron chi connectivity index (χ0n) is 11.9. The molecule has 1 aromatic carbocycles. The molecule has 7 heteroatoms. The zero-order chi connectivity index (χ0) is 15.4. The number of aryl methyl sites for hydroxylation is 1. The predicted molar refractivity (Wildman–Crippen MR) is 79.4 cm³/mol. The lowest BCUT2D eigenvalue weighted by Crippen LogP contribution is -2.31. The molecule has 3 N–H and O–H groups in total. The average Bonchev–Trinajstić information content (AvgIpc) is 2.83. The summed E-state index contributed by atoms with van der Waals surface area (Å²) in [5, 5.41) is 4.72. The highest BCUT2D eigenvalue weighted by Crippen LogP contribution is 2.28. The highest BCUT2D eigenvalue weighted by Gasteiger charge is 2.21. The third kappa shape index (κ3) is 3.41. The number of nitrogens with one attached hydrogen (secondary N) is 1. The Balaban J connectivity index is 2.40. The van der Waals surface area contributed by atoms with Crippen LogP contribution in [0.3, 0.4) is 0 Å². The molecule has 0 radical (unpaired) electrons. The Hall–Kier alpha value is -1.47. The number of ether oxygens (including phenoxy) is 1. The third-order valence-electron chi connectivity index (χ3n) is 3.30. The first-order chi connectivity index (χ1) is 10.1. The number of methoxy groups -OCH3 is 1. The number of hydrogen-bond acceptors (Lipinski definition) is 4. The quantitative estimate of drug-likeness (QED) is 0.634. The minimum absolute atomic E-state index is 0.256. The fourth-order valence-electron chi connectivity index (χ4n) is 2.20. The number of halogens is 2. The van der Waals surface area contributed by atoms with Crippen molar-refractivity contribution < 1.29 is 9.13 Å². The lowest BCUT2D eigenvalue weighted by molar-refractivity contribution is 0.182. The number of nitrogens with zero attached hydrogens (tertiary/aromatic N) is 2. The molecule has 0 bridgehead atoms. The van der Waals surface area contributed by atoms with Gasteiger partial charge in [0.2, 0.25) is 0 Å². The van der Waals surface area contributed by atoms with Crippen molar-refractivity contribution in [2.75, 3.05) is 13.7 Å². The molecule has 5 nitrogen and oxygen atoms in total. The van der Waals surface area contributed by atoms with Crippen LogP contribution in [0.5, 0.6) is 0 Å². The van der Waals surface area contributed by atoms with Gasteiger partial charge < -0.3 is 4.74 Å². The van der Waals surface area contributed by atoms with Crippen LogP contribution in [0.15, 0.2) is 24.4 Å². The summed E-state index contributed by atoms with van der Waals surface area (Å²) in [6.07, 6.45) is 1.56. The normalized spacial score (nSPS) is 12.6. The van der Waals surface area contributed by atoms with E-state index >= 15 is 0 Å². The molecule has 1 atom stereocenters. The number of aromatic nitrogens is 2. The van der Waals surface area contributed by atoms with E-state index in [-0.39, 0.29) is 11.9 Å². The van der Waals surface area contributed by atoms with Crippen LogP contribution in [0, 0.1) is 12.7 Å². The number of nitrogens with two attached hydrogens (primary N) is 1. The molecule has 1 aromatic heterocycles. The molecule has 0 aliphatic carbocycles. The maximum Gasteiger partial charge on any atom is 0.126 e. The van der Waals surface area contributed by atoms with Crippen LogP contribution in [0.2, 0.25) is 5.02 Å². The smallest absolute Gasteiger partial charge is 0.126 e. The summed E-state index contributed by atoms with van der Waals surface area (Å²) < 4.78 is 20.2. The molecule has 0 aliphatic heterocycles. The Kier molecular flexibility index (Phi) is 5.30. The maximum absolute atomic E-state index is 13.4. The average molecular weight is 313 g/mol. The molecule has 0 amide bonds. The summed E-state index contributed by atoms with van der Waals surface area (Å²) in [7, 11) is 1.62. The number of benzene rings is 1. The maximum atomic E-state index is 13.4. The molecule has 0 saturated heterocycles. The van der Waals surface area contributed by atoms with E-state index < -0.39 is 0 Å². The Bertz CT molecular complexity index is 617. The molecule has 0 spiro atoms. The van der Waals surface area contributed by atoms with Gasteiger partial charge in [0.25, 0.3) is 0 Å². The van der Waals surface area contributed by atoms with E-state index in [2.05, 4.69) is 10.5 Å². The van der Waals surface area contributed by atoms with Gasteiger partial charge in [-0.15, -0.1) is 0 Å². The first-order valence-electron chi connectivity index (χ1n) is 6.50. The van der Waals surface area contributed by atoms with Crippen molar-refractivity contribution in [2.45, 2.75) is 19.5 Å². The highest BCUT2D eigenvalue weighted by molar-refractivity contribution is 6.31. The summed E-state index contributed by atoms with van der Waals surface area (Å²) >= 11 is 6.22. The van der Waals surface area contributed by atoms with Crippen LogP contribution in [0.4, 0.5) is 4.39 Å². The van der Waals surface area contributed by atoms with Crippen LogP contribution in [-0.4, -0.2) is 23.5 Å². The topological polar surface area (TPSA) is 65.1 Å². The van der Waals surface area contributed by atoms with Crippen molar-refractivity contribution in [1.82, 2.24) is 15.2 Å². The Labute approximate surface area is 127 Å². The van der Waals surface area contributed by atoms with Crippen molar-refractivity contribution in [1.29, 1.82) is 0 Å². The van der Waals surface area contributed by atoms with E-state index in [0.717, 1.165) is 11.3 Å². The van der Waals surface area contributed by atoms with Gasteiger partial charge in [-0.3, -0.25) is 10.5 Å². The van der Waals surface area contributed by atoms with Gasteiger partial charge in [0.1, 0.15) is 5.82 Å². The van der Waals surface area contributed by atoms with Crippen molar-refractivity contribution in [2.24, 2.45) is 5.84 Å². The van der Waals surface area contributed by atoms with E-state index in [9.17, 15) is 4.39 Å². The number of hydrogen-bond donors (Lipinski definition) is 2. The van der Waals surface area contributed by atoms with Crippen molar-refractivity contribution in [3.8, 4) is 0 Å².